The van der Waals surface area contributed by atoms with E-state index < -0.39 is 0 Å². The van der Waals surface area contributed by atoms with E-state index in [1.54, 1.807) is 12.1 Å². The lowest BCUT2D eigenvalue weighted by Crippen LogP contribution is -2.42. The number of hydrogen-bond donors (Lipinski definition) is 0. The van der Waals surface area contributed by atoms with Gasteiger partial charge in [0, 0.05) is 40.2 Å². The minimum Gasteiger partial charge on any atom is -0.488 e. The molecule has 2 aliphatic heterocycles. The number of para-hydroxylation sites is 3. The summed E-state index contributed by atoms with van der Waals surface area (Å²) in [6, 6.07) is 42.5. The fraction of sp³-hybridized carbons (Fsp3) is 0.158. The molecule has 43 heavy (non-hydrogen) atoms. The third-order valence-corrected chi connectivity index (χ3v) is 9.82. The number of benzene rings is 5. The van der Waals surface area contributed by atoms with Crippen LogP contribution in [-0.4, -0.2) is 16.7 Å². The summed E-state index contributed by atoms with van der Waals surface area (Å²) in [5, 5.41) is 21.9. The lowest BCUT2D eigenvalue weighted by Gasteiger charge is -2.39. The smallest absolute Gasteiger partial charge is 0.133 e. The van der Waals surface area contributed by atoms with Crippen molar-refractivity contribution in [1.82, 2.24) is 4.57 Å². The number of hydrogen-bond acceptors (Lipinski definition) is 4. The molecule has 1 aromatic heterocycles. The first kappa shape index (κ1) is 24.1. The summed E-state index contributed by atoms with van der Waals surface area (Å²) in [7, 11) is 0. The van der Waals surface area contributed by atoms with Gasteiger partial charge in [0.1, 0.15) is 17.9 Å². The molecule has 0 amide bonds. The molecule has 1 aliphatic carbocycles. The Hall–Kier alpha value is -5.52. The molecule has 4 atom stereocenters. The summed E-state index contributed by atoms with van der Waals surface area (Å²) in [5.41, 5.74) is 8.91. The summed E-state index contributed by atoms with van der Waals surface area (Å²) in [6.07, 6.45) is 2.18. The molecule has 0 spiro atoms. The largest absolute Gasteiger partial charge is 0.488 e. The van der Waals surface area contributed by atoms with Crippen LogP contribution in [0.2, 0.25) is 0 Å². The van der Waals surface area contributed by atoms with Gasteiger partial charge in [-0.1, -0.05) is 60.7 Å². The highest BCUT2D eigenvalue weighted by atomic mass is 16.5. The molecular weight excluding hydrogens is 528 g/mol. The molecule has 0 bridgehead atoms. The highest BCUT2D eigenvalue weighted by Gasteiger charge is 2.53. The van der Waals surface area contributed by atoms with Crippen LogP contribution in [0.3, 0.4) is 0 Å². The molecule has 0 N–H and O–H groups in total. The summed E-state index contributed by atoms with van der Waals surface area (Å²) in [4.78, 5) is 2.54. The molecule has 6 aromatic rings. The van der Waals surface area contributed by atoms with Crippen LogP contribution in [0.4, 0.5) is 11.4 Å². The molecule has 5 aromatic carbocycles. The number of rotatable bonds is 2. The first-order valence-corrected chi connectivity index (χ1v) is 14.9. The molecule has 3 heterocycles. The van der Waals surface area contributed by atoms with E-state index in [4.69, 9.17) is 4.74 Å². The Morgan fingerprint density at radius 1 is 0.698 bits per heavy atom. The van der Waals surface area contributed by atoms with Gasteiger partial charge < -0.3 is 14.2 Å². The predicted octanol–water partition coefficient (Wildman–Crippen LogP) is 8.47. The van der Waals surface area contributed by atoms with Crippen LogP contribution in [0.25, 0.3) is 27.5 Å². The standard InChI is InChI=1S/C38H26N4O/c39-21-23-14-15-24(22-40)34(20-23)42-31-13-7-5-11-29(31)36-33(42)19-17-27-26-16-18-32-35(37(26)43-38(27)36)28-10-4-6-12-30(28)41(32)25-8-2-1-3-9-25/h1-15,17,19-20,26,32,35,37H,16,18H2. The van der Waals surface area contributed by atoms with Crippen LogP contribution in [0.15, 0.2) is 109 Å². The van der Waals surface area contributed by atoms with Gasteiger partial charge in [-0.25, -0.2) is 0 Å². The molecule has 0 saturated heterocycles. The van der Waals surface area contributed by atoms with E-state index >= 15 is 0 Å². The minimum atomic E-state index is 0.0351. The van der Waals surface area contributed by atoms with Crippen LogP contribution >= 0.6 is 0 Å². The third-order valence-electron chi connectivity index (χ3n) is 9.82. The van der Waals surface area contributed by atoms with Gasteiger partial charge in [-0.2, -0.15) is 10.5 Å². The van der Waals surface area contributed by atoms with Crippen molar-refractivity contribution >= 4 is 33.2 Å². The van der Waals surface area contributed by atoms with Crippen LogP contribution < -0.4 is 9.64 Å². The fourth-order valence-corrected chi connectivity index (χ4v) is 8.15. The lowest BCUT2D eigenvalue weighted by molar-refractivity contribution is 0.132. The van der Waals surface area contributed by atoms with Crippen molar-refractivity contribution in [2.45, 2.75) is 36.8 Å². The number of nitrogens with zero attached hydrogens (tertiary/aromatic N) is 4. The van der Waals surface area contributed by atoms with Crippen molar-refractivity contribution < 1.29 is 4.74 Å². The maximum Gasteiger partial charge on any atom is 0.133 e. The van der Waals surface area contributed by atoms with Crippen molar-refractivity contribution in [2.75, 3.05) is 4.90 Å². The Morgan fingerprint density at radius 2 is 1.51 bits per heavy atom. The van der Waals surface area contributed by atoms with E-state index in [9.17, 15) is 10.5 Å². The molecule has 1 saturated carbocycles. The molecule has 5 nitrogen and oxygen atoms in total. The van der Waals surface area contributed by atoms with Gasteiger partial charge in [-0.15, -0.1) is 0 Å². The van der Waals surface area contributed by atoms with Crippen molar-refractivity contribution in [3.63, 3.8) is 0 Å². The number of aromatic nitrogens is 1. The maximum absolute atomic E-state index is 10.0. The summed E-state index contributed by atoms with van der Waals surface area (Å²) in [5.74, 6) is 1.53. The Balaban J connectivity index is 1.23. The molecule has 3 aliphatic rings. The molecule has 9 rings (SSSR count). The van der Waals surface area contributed by atoms with E-state index in [0.717, 1.165) is 40.4 Å². The molecule has 1 fully saturated rings. The normalized spacial score (nSPS) is 21.4. The highest BCUT2D eigenvalue weighted by Crippen LogP contribution is 2.59. The zero-order chi connectivity index (χ0) is 28.7. The Kier molecular flexibility index (Phi) is 5.04. The van der Waals surface area contributed by atoms with Crippen molar-refractivity contribution in [3.8, 4) is 23.6 Å². The SMILES string of the molecule is N#Cc1ccc(C#N)c(-n2c3ccccc3c3c4c(ccc32)C2CCC3C(c5ccccc5N3c3ccccc3)C2O4)c1. The average Bonchev–Trinajstić information content (AvgIpc) is 3.72. The third kappa shape index (κ3) is 3.25. The number of ether oxygens (including phenoxy) is 1. The summed E-state index contributed by atoms with van der Waals surface area (Å²) < 4.78 is 9.31. The van der Waals surface area contributed by atoms with E-state index in [1.165, 1.54) is 22.5 Å². The Morgan fingerprint density at radius 3 is 2.37 bits per heavy atom. The van der Waals surface area contributed by atoms with Crippen LogP contribution in [0.1, 0.15) is 46.9 Å². The first-order valence-electron chi connectivity index (χ1n) is 14.9. The second-order valence-electron chi connectivity index (χ2n) is 11.8. The number of nitriles is 2. The van der Waals surface area contributed by atoms with E-state index in [0.29, 0.717) is 28.8 Å². The van der Waals surface area contributed by atoms with Gasteiger partial charge in [0.05, 0.1) is 39.3 Å². The van der Waals surface area contributed by atoms with Gasteiger partial charge in [-0.3, -0.25) is 0 Å². The van der Waals surface area contributed by atoms with Crippen molar-refractivity contribution in [1.29, 1.82) is 10.5 Å². The quantitative estimate of drug-likeness (QED) is 0.215. The van der Waals surface area contributed by atoms with Gasteiger partial charge in [0.2, 0.25) is 0 Å². The summed E-state index contributed by atoms with van der Waals surface area (Å²) in [6.45, 7) is 0. The first-order chi connectivity index (χ1) is 21.3. The monoisotopic (exact) mass is 554 g/mol. The number of anilines is 2. The molecule has 0 radical (unpaired) electrons. The maximum atomic E-state index is 10.0. The van der Waals surface area contributed by atoms with Crippen LogP contribution in [-0.2, 0) is 0 Å². The molecule has 4 unspecified atom stereocenters. The van der Waals surface area contributed by atoms with Gasteiger partial charge >= 0.3 is 0 Å². The molecule has 204 valence electrons. The second kappa shape index (κ2) is 8.99. The number of fused-ring (bicyclic) bond motifs is 11. The zero-order valence-electron chi connectivity index (χ0n) is 23.3. The van der Waals surface area contributed by atoms with Crippen molar-refractivity contribution in [2.24, 2.45) is 0 Å². The second-order valence-corrected chi connectivity index (χ2v) is 11.8. The van der Waals surface area contributed by atoms with E-state index in [1.807, 2.05) is 12.1 Å². The average molecular weight is 555 g/mol. The predicted molar refractivity (Wildman–Crippen MR) is 168 cm³/mol. The fourth-order valence-electron chi connectivity index (χ4n) is 8.15. The highest BCUT2D eigenvalue weighted by molar-refractivity contribution is 6.13. The van der Waals surface area contributed by atoms with Gasteiger partial charge in [0.25, 0.3) is 0 Å². The van der Waals surface area contributed by atoms with E-state index in [-0.39, 0.29) is 12.0 Å². The van der Waals surface area contributed by atoms with Gasteiger partial charge in [0.15, 0.2) is 0 Å². The topological polar surface area (TPSA) is 65.0 Å². The van der Waals surface area contributed by atoms with Crippen molar-refractivity contribution in [3.05, 3.63) is 131 Å². The zero-order valence-corrected chi connectivity index (χ0v) is 23.3. The Labute approximate surface area is 249 Å². The summed E-state index contributed by atoms with van der Waals surface area (Å²) >= 11 is 0. The molecular formula is C38H26N4O. The van der Waals surface area contributed by atoms with Gasteiger partial charge in [-0.05, 0) is 66.9 Å². The van der Waals surface area contributed by atoms with Crippen LogP contribution in [0.5, 0.6) is 5.75 Å². The Bertz CT molecular complexity index is 2180. The van der Waals surface area contributed by atoms with Crippen LogP contribution in [0, 0.1) is 22.7 Å². The van der Waals surface area contributed by atoms with E-state index in [2.05, 4.69) is 107 Å². The minimum absolute atomic E-state index is 0.0351. The lowest BCUT2D eigenvalue weighted by atomic mass is 9.72. The molecule has 5 heteroatoms.